The van der Waals surface area contributed by atoms with Gasteiger partial charge in [0.15, 0.2) is 4.34 Å². The lowest BCUT2D eigenvalue weighted by molar-refractivity contribution is 0.511. The second-order valence-corrected chi connectivity index (χ2v) is 6.46. The fourth-order valence-electron chi connectivity index (χ4n) is 1.63. The zero-order valence-corrected chi connectivity index (χ0v) is 12.1. The largest absolute Gasteiger partial charge is 0.299 e. The number of thioether (sulfide) groups is 1. The number of thiazole rings is 1. The summed E-state index contributed by atoms with van der Waals surface area (Å²) in [6.07, 6.45) is 0. The highest BCUT2D eigenvalue weighted by molar-refractivity contribution is 8.01. The van der Waals surface area contributed by atoms with Gasteiger partial charge in [-0.3, -0.25) is 5.32 Å². The number of benzene rings is 1. The first-order chi connectivity index (χ1) is 8.67. The zero-order chi connectivity index (χ0) is 13.0. The molecule has 5 heteroatoms. The summed E-state index contributed by atoms with van der Waals surface area (Å²) in [5, 5.41) is 12.4. The van der Waals surface area contributed by atoms with Gasteiger partial charge in [0.2, 0.25) is 0 Å². The van der Waals surface area contributed by atoms with Crippen molar-refractivity contribution in [1.82, 2.24) is 10.3 Å². The van der Waals surface area contributed by atoms with Gasteiger partial charge in [-0.25, -0.2) is 4.98 Å². The Morgan fingerprint density at radius 2 is 2.28 bits per heavy atom. The smallest absolute Gasteiger partial charge is 0.151 e. The van der Waals surface area contributed by atoms with Gasteiger partial charge in [-0.2, -0.15) is 5.26 Å². The molecule has 0 bridgehead atoms. The standard InChI is InChI=1S/C13H15N3S2/c1-3-15-13(2,8-14)9-17-12-16-10-6-4-5-7-11(10)18-12/h4-7,15H,3,9H2,1-2H3. The highest BCUT2D eigenvalue weighted by atomic mass is 32.2. The van der Waals surface area contributed by atoms with Gasteiger partial charge in [0.05, 0.1) is 16.3 Å². The van der Waals surface area contributed by atoms with Crippen LogP contribution in [0.4, 0.5) is 0 Å². The van der Waals surface area contributed by atoms with E-state index in [0.717, 1.165) is 16.4 Å². The average molecular weight is 277 g/mol. The molecule has 1 heterocycles. The van der Waals surface area contributed by atoms with Gasteiger partial charge in [0.25, 0.3) is 0 Å². The minimum absolute atomic E-state index is 0.489. The van der Waals surface area contributed by atoms with Crippen LogP contribution < -0.4 is 5.32 Å². The van der Waals surface area contributed by atoms with E-state index in [2.05, 4.69) is 22.4 Å². The van der Waals surface area contributed by atoms with Crippen LogP contribution in [0, 0.1) is 11.3 Å². The molecule has 1 aromatic carbocycles. The predicted octanol–water partition coefficient (Wildman–Crippen LogP) is 3.28. The Kier molecular flexibility index (Phi) is 4.23. The monoisotopic (exact) mass is 277 g/mol. The number of nitrogens with one attached hydrogen (secondary N) is 1. The number of hydrogen-bond donors (Lipinski definition) is 1. The molecule has 0 radical (unpaired) electrons. The van der Waals surface area contributed by atoms with Crippen LogP contribution in [0.5, 0.6) is 0 Å². The molecular formula is C13H15N3S2. The molecule has 0 spiro atoms. The van der Waals surface area contributed by atoms with Crippen molar-refractivity contribution in [3.05, 3.63) is 24.3 Å². The molecular weight excluding hydrogens is 262 g/mol. The Hall–Kier alpha value is -1.09. The normalized spacial score (nSPS) is 14.3. The van der Waals surface area contributed by atoms with E-state index in [4.69, 9.17) is 0 Å². The van der Waals surface area contributed by atoms with Gasteiger partial charge in [0, 0.05) is 5.75 Å². The molecule has 2 aromatic rings. The maximum absolute atomic E-state index is 9.19. The number of nitriles is 1. The van der Waals surface area contributed by atoms with Crippen molar-refractivity contribution < 1.29 is 0 Å². The molecule has 3 nitrogen and oxygen atoms in total. The second kappa shape index (κ2) is 5.70. The van der Waals surface area contributed by atoms with Crippen molar-refractivity contribution in [3.8, 4) is 6.07 Å². The van der Waals surface area contributed by atoms with E-state index >= 15 is 0 Å². The molecule has 1 unspecified atom stereocenters. The molecule has 1 atom stereocenters. The van der Waals surface area contributed by atoms with Gasteiger partial charge in [-0.15, -0.1) is 11.3 Å². The maximum Gasteiger partial charge on any atom is 0.151 e. The van der Waals surface area contributed by atoms with Gasteiger partial charge < -0.3 is 0 Å². The quantitative estimate of drug-likeness (QED) is 0.852. The van der Waals surface area contributed by atoms with Crippen LogP contribution in [0.15, 0.2) is 28.6 Å². The van der Waals surface area contributed by atoms with Crippen LogP contribution in [0.1, 0.15) is 13.8 Å². The van der Waals surface area contributed by atoms with E-state index < -0.39 is 5.54 Å². The molecule has 94 valence electrons. The Morgan fingerprint density at radius 3 is 2.94 bits per heavy atom. The molecule has 0 saturated heterocycles. The van der Waals surface area contributed by atoms with Crippen LogP contribution >= 0.6 is 23.1 Å². The zero-order valence-electron chi connectivity index (χ0n) is 10.4. The number of aromatic nitrogens is 1. The lowest BCUT2D eigenvalue weighted by atomic mass is 10.1. The summed E-state index contributed by atoms with van der Waals surface area (Å²) in [6.45, 7) is 4.74. The summed E-state index contributed by atoms with van der Waals surface area (Å²) >= 11 is 3.32. The first-order valence-corrected chi connectivity index (χ1v) is 7.62. The summed E-state index contributed by atoms with van der Waals surface area (Å²) < 4.78 is 2.22. The average Bonchev–Trinajstić information content (AvgIpc) is 2.79. The van der Waals surface area contributed by atoms with Crippen molar-refractivity contribution >= 4 is 33.3 Å². The number of rotatable bonds is 5. The second-order valence-electron chi connectivity index (χ2n) is 4.21. The van der Waals surface area contributed by atoms with Crippen molar-refractivity contribution in [2.75, 3.05) is 12.3 Å². The Bertz CT molecular complexity index is 540. The lowest BCUT2D eigenvalue weighted by Crippen LogP contribution is -2.43. The maximum atomic E-state index is 9.19. The van der Waals surface area contributed by atoms with Crippen molar-refractivity contribution in [2.45, 2.75) is 23.7 Å². The van der Waals surface area contributed by atoms with Crippen LogP contribution in [-0.4, -0.2) is 22.8 Å². The van der Waals surface area contributed by atoms with E-state index in [1.807, 2.05) is 32.0 Å². The van der Waals surface area contributed by atoms with E-state index in [-0.39, 0.29) is 0 Å². The summed E-state index contributed by atoms with van der Waals surface area (Å²) in [5.74, 6) is 0.706. The first-order valence-electron chi connectivity index (χ1n) is 5.81. The van der Waals surface area contributed by atoms with Crippen LogP contribution in [0.2, 0.25) is 0 Å². The van der Waals surface area contributed by atoms with E-state index in [9.17, 15) is 5.26 Å². The predicted molar refractivity (Wildman–Crippen MR) is 78.0 cm³/mol. The Morgan fingerprint density at radius 1 is 1.50 bits per heavy atom. The Labute approximate surface area is 115 Å². The number of hydrogen-bond acceptors (Lipinski definition) is 5. The fourth-order valence-corrected chi connectivity index (χ4v) is 3.75. The topological polar surface area (TPSA) is 48.7 Å². The van der Waals surface area contributed by atoms with E-state index in [1.54, 1.807) is 23.1 Å². The van der Waals surface area contributed by atoms with Crippen LogP contribution in [0.3, 0.4) is 0 Å². The summed E-state index contributed by atoms with van der Waals surface area (Å²) in [5.41, 5.74) is 0.546. The molecule has 18 heavy (non-hydrogen) atoms. The van der Waals surface area contributed by atoms with Crippen molar-refractivity contribution in [2.24, 2.45) is 0 Å². The van der Waals surface area contributed by atoms with Gasteiger partial charge >= 0.3 is 0 Å². The molecule has 0 fully saturated rings. The SMILES string of the molecule is CCNC(C)(C#N)CSc1nc2ccccc2s1. The summed E-state index contributed by atoms with van der Waals surface area (Å²) in [6, 6.07) is 10.4. The molecule has 1 aromatic heterocycles. The number of para-hydroxylation sites is 1. The number of nitrogens with zero attached hydrogens (tertiary/aromatic N) is 2. The molecule has 1 N–H and O–H groups in total. The third-order valence-electron chi connectivity index (χ3n) is 2.57. The van der Waals surface area contributed by atoms with Gasteiger partial charge in [-0.05, 0) is 25.6 Å². The molecule has 0 aliphatic heterocycles. The van der Waals surface area contributed by atoms with E-state index in [0.29, 0.717) is 5.75 Å². The van der Waals surface area contributed by atoms with Gasteiger partial charge in [-0.1, -0.05) is 30.8 Å². The highest BCUT2D eigenvalue weighted by Crippen LogP contribution is 2.30. The van der Waals surface area contributed by atoms with Crippen molar-refractivity contribution in [3.63, 3.8) is 0 Å². The minimum atomic E-state index is -0.489. The molecule has 0 saturated carbocycles. The summed E-state index contributed by atoms with van der Waals surface area (Å²) in [7, 11) is 0. The third-order valence-corrected chi connectivity index (χ3v) is 5.07. The number of fused-ring (bicyclic) bond motifs is 1. The highest BCUT2D eigenvalue weighted by Gasteiger charge is 2.23. The molecule has 0 aliphatic carbocycles. The Balaban J connectivity index is 2.08. The summed E-state index contributed by atoms with van der Waals surface area (Å²) in [4.78, 5) is 4.55. The lowest BCUT2D eigenvalue weighted by Gasteiger charge is -2.20. The van der Waals surface area contributed by atoms with Crippen LogP contribution in [0.25, 0.3) is 10.2 Å². The van der Waals surface area contributed by atoms with Crippen molar-refractivity contribution in [1.29, 1.82) is 5.26 Å². The van der Waals surface area contributed by atoms with Crippen LogP contribution in [-0.2, 0) is 0 Å². The third kappa shape index (κ3) is 3.02. The van der Waals surface area contributed by atoms with E-state index in [1.165, 1.54) is 4.70 Å². The molecule has 2 rings (SSSR count). The minimum Gasteiger partial charge on any atom is -0.299 e. The molecule has 0 amide bonds. The fraction of sp³-hybridized carbons (Fsp3) is 0.385. The molecule has 0 aliphatic rings. The van der Waals surface area contributed by atoms with Gasteiger partial charge in [0.1, 0.15) is 5.54 Å². The first kappa shape index (κ1) is 13.3.